The zero-order valence-electron chi connectivity index (χ0n) is 17.8. The molecule has 0 aliphatic carbocycles. The average molecular weight is 470 g/mol. The van der Waals surface area contributed by atoms with Gasteiger partial charge < -0.3 is 15.2 Å². The predicted molar refractivity (Wildman–Crippen MR) is 128 cm³/mol. The van der Waals surface area contributed by atoms with Crippen molar-refractivity contribution in [2.45, 2.75) is 31.6 Å². The van der Waals surface area contributed by atoms with Crippen molar-refractivity contribution < 1.29 is 9.59 Å². The van der Waals surface area contributed by atoms with Crippen LogP contribution in [0.1, 0.15) is 34.7 Å². The molecular weight excluding hydrogens is 446 g/mol. The molecule has 1 atom stereocenters. The largest absolute Gasteiger partial charge is 0.342 e. The monoisotopic (exact) mass is 469 g/mol. The van der Waals surface area contributed by atoms with E-state index in [0.29, 0.717) is 33.8 Å². The van der Waals surface area contributed by atoms with E-state index in [1.807, 2.05) is 36.6 Å². The molecule has 9 heteroatoms. The Morgan fingerprint density at radius 2 is 2.00 bits per heavy atom. The molecule has 7 nitrogen and oxygen atoms in total. The summed E-state index contributed by atoms with van der Waals surface area (Å²) in [6, 6.07) is 14.0. The van der Waals surface area contributed by atoms with Gasteiger partial charge in [-0.2, -0.15) is 0 Å². The second kappa shape index (κ2) is 11.0. The van der Waals surface area contributed by atoms with Crippen LogP contribution in [0.15, 0.2) is 66.3 Å². The summed E-state index contributed by atoms with van der Waals surface area (Å²) in [4.78, 5) is 25.0. The zero-order chi connectivity index (χ0) is 23.1. The molecule has 1 aromatic heterocycles. The third-order valence-electron chi connectivity index (χ3n) is 4.62. The highest BCUT2D eigenvalue weighted by Crippen LogP contribution is 2.22. The fourth-order valence-electron chi connectivity index (χ4n) is 3.09. The Hall–Kier alpha value is -3.10. The number of aryl methyl sites for hydroxylation is 1. The maximum absolute atomic E-state index is 12.7. The van der Waals surface area contributed by atoms with Crippen molar-refractivity contribution in [1.29, 1.82) is 0 Å². The van der Waals surface area contributed by atoms with Crippen molar-refractivity contribution in [2.75, 3.05) is 11.1 Å². The number of nitrogens with one attached hydrogen (secondary N) is 2. The average Bonchev–Trinajstić information content (AvgIpc) is 3.15. The molecule has 166 valence electrons. The lowest BCUT2D eigenvalue weighted by Crippen LogP contribution is -2.29. The lowest BCUT2D eigenvalue weighted by molar-refractivity contribution is -0.113. The fourth-order valence-corrected chi connectivity index (χ4v) is 4.03. The highest BCUT2D eigenvalue weighted by atomic mass is 35.5. The number of hydrogen-bond acceptors (Lipinski definition) is 5. The van der Waals surface area contributed by atoms with Gasteiger partial charge in [0.15, 0.2) is 11.0 Å². The molecule has 3 rings (SSSR count). The lowest BCUT2D eigenvalue weighted by Gasteiger charge is -2.16. The van der Waals surface area contributed by atoms with Crippen LogP contribution in [-0.4, -0.2) is 32.3 Å². The molecule has 0 saturated heterocycles. The van der Waals surface area contributed by atoms with E-state index in [1.165, 1.54) is 11.8 Å². The smallest absolute Gasteiger partial charge is 0.252 e. The minimum atomic E-state index is -0.385. The third-order valence-corrected chi connectivity index (χ3v) is 5.82. The molecule has 2 amide bonds. The normalized spacial score (nSPS) is 11.6. The summed E-state index contributed by atoms with van der Waals surface area (Å²) in [7, 11) is 0. The summed E-state index contributed by atoms with van der Waals surface area (Å²) >= 11 is 7.21. The first-order valence-electron chi connectivity index (χ1n) is 9.97. The fraction of sp³-hybridized carbons (Fsp3) is 0.217. The van der Waals surface area contributed by atoms with Crippen molar-refractivity contribution in [3.8, 4) is 0 Å². The predicted octanol–water partition coefficient (Wildman–Crippen LogP) is 4.65. The molecule has 0 aliphatic heterocycles. The van der Waals surface area contributed by atoms with Crippen molar-refractivity contribution in [3.05, 3.63) is 83.2 Å². The van der Waals surface area contributed by atoms with Crippen LogP contribution in [0.4, 0.5) is 5.69 Å². The third kappa shape index (κ3) is 5.99. The van der Waals surface area contributed by atoms with Crippen LogP contribution < -0.4 is 10.6 Å². The second-order valence-electron chi connectivity index (χ2n) is 7.10. The highest BCUT2D eigenvalue weighted by Gasteiger charge is 2.21. The Labute approximate surface area is 196 Å². The van der Waals surface area contributed by atoms with Gasteiger partial charge in [-0.3, -0.25) is 9.59 Å². The summed E-state index contributed by atoms with van der Waals surface area (Å²) < 4.78 is 1.84. The number of carbonyl (C=O) groups excluding carboxylic acids is 2. The molecule has 3 aromatic rings. The van der Waals surface area contributed by atoms with Gasteiger partial charge in [-0.05, 0) is 43.7 Å². The molecule has 0 aliphatic rings. The SMILES string of the molecule is C=CCn1c(SCC(=O)Nc2cccc(Cl)c2)nnc1C(C)NC(=O)c1ccccc1C. The molecule has 32 heavy (non-hydrogen) atoms. The zero-order valence-corrected chi connectivity index (χ0v) is 19.4. The molecule has 2 N–H and O–H groups in total. The van der Waals surface area contributed by atoms with Crippen molar-refractivity contribution >= 4 is 40.9 Å². The summed E-state index contributed by atoms with van der Waals surface area (Å²) in [6.45, 7) is 7.98. The molecule has 0 saturated carbocycles. The maximum atomic E-state index is 12.7. The van der Waals surface area contributed by atoms with Crippen LogP contribution in [0.3, 0.4) is 0 Å². The lowest BCUT2D eigenvalue weighted by atomic mass is 10.1. The van der Waals surface area contributed by atoms with E-state index in [9.17, 15) is 9.59 Å². The van der Waals surface area contributed by atoms with Crippen LogP contribution in [-0.2, 0) is 11.3 Å². The van der Waals surface area contributed by atoms with Gasteiger partial charge in [-0.15, -0.1) is 16.8 Å². The van der Waals surface area contributed by atoms with Crippen LogP contribution in [0.5, 0.6) is 0 Å². The van der Waals surface area contributed by atoms with E-state index < -0.39 is 0 Å². The van der Waals surface area contributed by atoms with E-state index in [1.54, 1.807) is 36.4 Å². The molecular formula is C23H24ClN5O2S. The van der Waals surface area contributed by atoms with E-state index in [0.717, 1.165) is 5.56 Å². The van der Waals surface area contributed by atoms with Gasteiger partial charge in [0, 0.05) is 22.8 Å². The van der Waals surface area contributed by atoms with Crippen LogP contribution in [0, 0.1) is 6.92 Å². The number of allylic oxidation sites excluding steroid dienone is 1. The van der Waals surface area contributed by atoms with Gasteiger partial charge in [0.25, 0.3) is 5.91 Å². The van der Waals surface area contributed by atoms with Crippen molar-refractivity contribution in [3.63, 3.8) is 0 Å². The standard InChI is InChI=1S/C23H24ClN5O2S/c1-4-12-29-21(16(3)25-22(31)19-11-6-5-8-15(19)2)27-28-23(29)32-14-20(30)26-18-10-7-9-17(24)13-18/h4-11,13,16H,1,12,14H2,2-3H3,(H,25,31)(H,26,30). The number of carbonyl (C=O) groups is 2. The number of halogens is 1. The summed E-state index contributed by atoms with van der Waals surface area (Å²) in [5.74, 6) is 0.363. The molecule has 0 fully saturated rings. The first-order valence-corrected chi connectivity index (χ1v) is 11.3. The highest BCUT2D eigenvalue weighted by molar-refractivity contribution is 7.99. The Kier molecular flexibility index (Phi) is 8.08. The Morgan fingerprint density at radius 1 is 1.22 bits per heavy atom. The summed E-state index contributed by atoms with van der Waals surface area (Å²) in [6.07, 6.45) is 1.72. The Balaban J connectivity index is 1.67. The Morgan fingerprint density at radius 3 is 2.72 bits per heavy atom. The van der Waals surface area contributed by atoms with E-state index >= 15 is 0 Å². The van der Waals surface area contributed by atoms with Gasteiger partial charge in [0.2, 0.25) is 5.91 Å². The van der Waals surface area contributed by atoms with Gasteiger partial charge in [-0.1, -0.05) is 53.7 Å². The van der Waals surface area contributed by atoms with E-state index in [4.69, 9.17) is 11.6 Å². The number of amides is 2. The number of hydrogen-bond donors (Lipinski definition) is 2. The topological polar surface area (TPSA) is 88.9 Å². The van der Waals surface area contributed by atoms with Crippen LogP contribution >= 0.6 is 23.4 Å². The second-order valence-corrected chi connectivity index (χ2v) is 8.48. The molecule has 2 aromatic carbocycles. The minimum absolute atomic E-state index is 0.145. The van der Waals surface area contributed by atoms with E-state index in [2.05, 4.69) is 27.4 Å². The van der Waals surface area contributed by atoms with Crippen molar-refractivity contribution in [1.82, 2.24) is 20.1 Å². The molecule has 0 spiro atoms. The number of nitrogens with zero attached hydrogens (tertiary/aromatic N) is 3. The molecule has 1 heterocycles. The number of thioether (sulfide) groups is 1. The molecule has 0 bridgehead atoms. The molecule has 0 radical (unpaired) electrons. The van der Waals surface area contributed by atoms with E-state index in [-0.39, 0.29) is 23.6 Å². The number of benzene rings is 2. The van der Waals surface area contributed by atoms with Crippen molar-refractivity contribution in [2.24, 2.45) is 0 Å². The number of rotatable bonds is 9. The van der Waals surface area contributed by atoms with Gasteiger partial charge >= 0.3 is 0 Å². The quantitative estimate of drug-likeness (QED) is 0.352. The summed E-state index contributed by atoms with van der Waals surface area (Å²) in [5, 5.41) is 15.4. The molecule has 1 unspecified atom stereocenters. The van der Waals surface area contributed by atoms with Crippen LogP contribution in [0.2, 0.25) is 5.02 Å². The minimum Gasteiger partial charge on any atom is -0.342 e. The summed E-state index contributed by atoms with van der Waals surface area (Å²) in [5.41, 5.74) is 2.14. The number of aromatic nitrogens is 3. The van der Waals surface area contributed by atoms with Gasteiger partial charge in [-0.25, -0.2) is 0 Å². The van der Waals surface area contributed by atoms with Gasteiger partial charge in [0.1, 0.15) is 0 Å². The first kappa shape index (κ1) is 23.6. The van der Waals surface area contributed by atoms with Crippen LogP contribution in [0.25, 0.3) is 0 Å². The van der Waals surface area contributed by atoms with Gasteiger partial charge in [0.05, 0.1) is 11.8 Å². The number of anilines is 1. The maximum Gasteiger partial charge on any atom is 0.252 e. The Bertz CT molecular complexity index is 1130. The first-order chi connectivity index (χ1) is 15.4.